The number of aryl methyl sites for hydroxylation is 1. The van der Waals surface area contributed by atoms with E-state index in [4.69, 9.17) is 11.6 Å². The summed E-state index contributed by atoms with van der Waals surface area (Å²) in [4.78, 5) is 28.8. The highest BCUT2D eigenvalue weighted by Crippen LogP contribution is 2.29. The predicted molar refractivity (Wildman–Crippen MR) is 108 cm³/mol. The highest BCUT2D eigenvalue weighted by molar-refractivity contribution is 6.34. The minimum absolute atomic E-state index is 0.0679. The third-order valence-corrected chi connectivity index (χ3v) is 5.24. The van der Waals surface area contributed by atoms with Gasteiger partial charge in [-0.15, -0.1) is 0 Å². The van der Waals surface area contributed by atoms with Crippen molar-refractivity contribution in [2.75, 3.05) is 10.6 Å². The van der Waals surface area contributed by atoms with Gasteiger partial charge in [0.15, 0.2) is 0 Å². The molecule has 1 aromatic carbocycles. The Bertz CT molecular complexity index is 832. The van der Waals surface area contributed by atoms with Crippen molar-refractivity contribution in [3.8, 4) is 0 Å². The van der Waals surface area contributed by atoms with Crippen molar-refractivity contribution in [3.05, 3.63) is 52.7 Å². The number of amides is 2. The Hall–Kier alpha value is -2.40. The van der Waals surface area contributed by atoms with E-state index in [0.717, 1.165) is 12.0 Å². The average molecular weight is 386 g/mol. The number of benzene rings is 1. The second kappa shape index (κ2) is 9.00. The molecule has 1 aromatic heterocycles. The molecule has 1 aliphatic carbocycles. The molecule has 0 radical (unpaired) electrons. The quantitative estimate of drug-likeness (QED) is 0.717. The Kier molecular flexibility index (Phi) is 6.45. The van der Waals surface area contributed by atoms with Gasteiger partial charge in [-0.2, -0.15) is 0 Å². The van der Waals surface area contributed by atoms with Gasteiger partial charge in [0.2, 0.25) is 5.91 Å². The Morgan fingerprint density at radius 1 is 1.15 bits per heavy atom. The number of anilines is 2. The molecule has 6 heteroatoms. The molecule has 2 N–H and O–H groups in total. The monoisotopic (exact) mass is 385 g/mol. The van der Waals surface area contributed by atoms with Gasteiger partial charge in [-0.05, 0) is 55.2 Å². The zero-order valence-corrected chi connectivity index (χ0v) is 16.2. The van der Waals surface area contributed by atoms with Crippen LogP contribution in [0.15, 0.2) is 36.5 Å². The van der Waals surface area contributed by atoms with Gasteiger partial charge in [0, 0.05) is 18.2 Å². The molecular weight excluding hydrogens is 362 g/mol. The number of aromatic nitrogens is 1. The summed E-state index contributed by atoms with van der Waals surface area (Å²) < 4.78 is 0. The fraction of sp³-hybridized carbons (Fsp3) is 0.381. The first-order valence-corrected chi connectivity index (χ1v) is 9.72. The molecule has 0 saturated heterocycles. The summed E-state index contributed by atoms with van der Waals surface area (Å²) in [7, 11) is 0. The van der Waals surface area contributed by atoms with Gasteiger partial charge in [0.05, 0.1) is 10.7 Å². The summed E-state index contributed by atoms with van der Waals surface area (Å²) in [5.74, 6) is 0.773. The zero-order chi connectivity index (χ0) is 19.2. The van der Waals surface area contributed by atoms with Crippen molar-refractivity contribution in [2.45, 2.75) is 45.4 Å². The molecule has 1 saturated carbocycles. The third kappa shape index (κ3) is 5.54. The lowest BCUT2D eigenvalue weighted by molar-refractivity contribution is -0.116. The molecule has 0 atom stereocenters. The average Bonchev–Trinajstić information content (AvgIpc) is 3.15. The standard InChI is InChI=1S/C21H24ClN3O2/c1-14-10-11-23-19(12-14)25-21(27)16-7-8-17(22)18(13-16)24-20(26)9-6-15-4-2-3-5-15/h7-8,10-13,15H,2-6,9H2,1H3,(H,24,26)(H,23,25,27). The molecule has 0 spiro atoms. The van der Waals surface area contributed by atoms with Crippen LogP contribution < -0.4 is 10.6 Å². The normalized spacial score (nSPS) is 14.1. The van der Waals surface area contributed by atoms with Crippen molar-refractivity contribution in [1.82, 2.24) is 4.98 Å². The number of hydrogen-bond donors (Lipinski definition) is 2. The van der Waals surface area contributed by atoms with Crippen LogP contribution in [0.4, 0.5) is 11.5 Å². The first kappa shape index (κ1) is 19.4. The van der Waals surface area contributed by atoms with E-state index in [1.807, 2.05) is 13.0 Å². The van der Waals surface area contributed by atoms with E-state index in [9.17, 15) is 9.59 Å². The molecule has 3 rings (SSSR count). The first-order valence-electron chi connectivity index (χ1n) is 9.34. The number of rotatable bonds is 6. The SMILES string of the molecule is Cc1ccnc(NC(=O)c2ccc(Cl)c(NC(=O)CCC3CCCC3)c2)c1. The van der Waals surface area contributed by atoms with Gasteiger partial charge < -0.3 is 10.6 Å². The summed E-state index contributed by atoms with van der Waals surface area (Å²) >= 11 is 6.19. The van der Waals surface area contributed by atoms with E-state index in [-0.39, 0.29) is 11.8 Å². The van der Waals surface area contributed by atoms with Crippen molar-refractivity contribution in [1.29, 1.82) is 0 Å². The van der Waals surface area contributed by atoms with Crippen LogP contribution in [0.25, 0.3) is 0 Å². The third-order valence-electron chi connectivity index (χ3n) is 4.91. The zero-order valence-electron chi connectivity index (χ0n) is 15.4. The lowest BCUT2D eigenvalue weighted by Gasteiger charge is -2.12. The number of carbonyl (C=O) groups is 2. The fourth-order valence-electron chi connectivity index (χ4n) is 3.40. The van der Waals surface area contributed by atoms with Gasteiger partial charge in [-0.3, -0.25) is 9.59 Å². The predicted octanol–water partition coefficient (Wildman–Crippen LogP) is 5.20. The molecule has 2 aromatic rings. The van der Waals surface area contributed by atoms with Gasteiger partial charge in [-0.1, -0.05) is 37.3 Å². The molecule has 0 bridgehead atoms. The Labute approximate surface area is 164 Å². The minimum Gasteiger partial charge on any atom is -0.325 e. The van der Waals surface area contributed by atoms with Crippen LogP contribution in [0.2, 0.25) is 5.02 Å². The number of nitrogens with zero attached hydrogens (tertiary/aromatic N) is 1. The number of nitrogens with one attached hydrogen (secondary N) is 2. The number of pyridine rings is 1. The van der Waals surface area contributed by atoms with Gasteiger partial charge >= 0.3 is 0 Å². The Morgan fingerprint density at radius 2 is 1.93 bits per heavy atom. The Morgan fingerprint density at radius 3 is 2.67 bits per heavy atom. The maximum Gasteiger partial charge on any atom is 0.256 e. The van der Waals surface area contributed by atoms with Crippen LogP contribution in [0.3, 0.4) is 0 Å². The molecule has 0 aliphatic heterocycles. The Balaban J connectivity index is 1.62. The van der Waals surface area contributed by atoms with Crippen LogP contribution >= 0.6 is 11.6 Å². The van der Waals surface area contributed by atoms with Crippen LogP contribution in [0.5, 0.6) is 0 Å². The summed E-state index contributed by atoms with van der Waals surface area (Å²) in [6.07, 6.45) is 8.00. The van der Waals surface area contributed by atoms with E-state index in [0.29, 0.717) is 34.4 Å². The number of hydrogen-bond acceptors (Lipinski definition) is 3. The van der Waals surface area contributed by atoms with Crippen molar-refractivity contribution >= 4 is 34.9 Å². The second-order valence-electron chi connectivity index (χ2n) is 7.10. The number of carbonyl (C=O) groups excluding carboxylic acids is 2. The van der Waals surface area contributed by atoms with Crippen LogP contribution in [0, 0.1) is 12.8 Å². The topological polar surface area (TPSA) is 71.1 Å². The second-order valence-corrected chi connectivity index (χ2v) is 7.51. The summed E-state index contributed by atoms with van der Waals surface area (Å²) in [5.41, 5.74) is 1.87. The van der Waals surface area contributed by atoms with E-state index < -0.39 is 0 Å². The van der Waals surface area contributed by atoms with Crippen LogP contribution in [0.1, 0.15) is 54.4 Å². The van der Waals surface area contributed by atoms with Gasteiger partial charge in [0.1, 0.15) is 5.82 Å². The van der Waals surface area contributed by atoms with E-state index in [1.54, 1.807) is 30.5 Å². The van der Waals surface area contributed by atoms with Crippen molar-refractivity contribution in [2.24, 2.45) is 5.92 Å². The molecular formula is C21H24ClN3O2. The molecule has 0 unspecified atom stereocenters. The van der Waals surface area contributed by atoms with Gasteiger partial charge in [0.25, 0.3) is 5.91 Å². The van der Waals surface area contributed by atoms with E-state index >= 15 is 0 Å². The van der Waals surface area contributed by atoms with Crippen LogP contribution in [-0.2, 0) is 4.79 Å². The summed E-state index contributed by atoms with van der Waals surface area (Å²) in [6.45, 7) is 1.93. The number of halogens is 1. The highest BCUT2D eigenvalue weighted by Gasteiger charge is 2.17. The molecule has 142 valence electrons. The van der Waals surface area contributed by atoms with E-state index in [1.165, 1.54) is 25.7 Å². The minimum atomic E-state index is -0.300. The summed E-state index contributed by atoms with van der Waals surface area (Å²) in [5, 5.41) is 6.00. The summed E-state index contributed by atoms with van der Waals surface area (Å²) in [6, 6.07) is 8.49. The fourth-order valence-corrected chi connectivity index (χ4v) is 3.57. The molecule has 1 heterocycles. The largest absolute Gasteiger partial charge is 0.325 e. The molecule has 2 amide bonds. The lowest BCUT2D eigenvalue weighted by atomic mass is 10.0. The van der Waals surface area contributed by atoms with Gasteiger partial charge in [-0.25, -0.2) is 4.98 Å². The highest BCUT2D eigenvalue weighted by atomic mass is 35.5. The maximum atomic E-state index is 12.5. The van der Waals surface area contributed by atoms with E-state index in [2.05, 4.69) is 15.6 Å². The molecule has 27 heavy (non-hydrogen) atoms. The van der Waals surface area contributed by atoms with Crippen LogP contribution in [-0.4, -0.2) is 16.8 Å². The molecule has 1 fully saturated rings. The molecule has 5 nitrogen and oxygen atoms in total. The smallest absolute Gasteiger partial charge is 0.256 e. The lowest BCUT2D eigenvalue weighted by Crippen LogP contribution is -2.16. The molecule has 1 aliphatic rings. The maximum absolute atomic E-state index is 12.5. The first-order chi connectivity index (χ1) is 13.0. The van der Waals surface area contributed by atoms with Crippen molar-refractivity contribution in [3.63, 3.8) is 0 Å². The van der Waals surface area contributed by atoms with Crippen molar-refractivity contribution < 1.29 is 9.59 Å².